The van der Waals surface area contributed by atoms with E-state index in [1.807, 2.05) is 6.07 Å². The van der Waals surface area contributed by atoms with Gasteiger partial charge in [-0.05, 0) is 24.6 Å². The van der Waals surface area contributed by atoms with Gasteiger partial charge in [-0.3, -0.25) is 5.10 Å². The summed E-state index contributed by atoms with van der Waals surface area (Å²) in [7, 11) is -8.50. The third-order valence-electron chi connectivity index (χ3n) is 5.61. The van der Waals surface area contributed by atoms with E-state index in [-0.39, 0.29) is 29.5 Å². The molecule has 0 radical (unpaired) electrons. The third-order valence-corrected chi connectivity index (χ3v) is 8.96. The number of azo groups is 1. The van der Waals surface area contributed by atoms with Crippen LogP contribution >= 0.6 is 0 Å². The molecule has 166 valence electrons. The molecule has 2 aromatic carbocycles. The standard InChI is InChI=1S/C19H19N7O4S2/c20-32(29,30)18-15(31(27,28)12-6-7-21-9-12)5-4-13(16(18)19-22-10-24-26-19)14-3-1-2-11-8-23-25-17(11)14/h1-5,8,12,21H,6-7,9-10H2,(H,23,25)(H2,20,29,30)/t12-/m1/s1. The molecule has 3 aromatic rings. The van der Waals surface area contributed by atoms with Crippen LogP contribution in [0.5, 0.6) is 0 Å². The first-order chi connectivity index (χ1) is 15.3. The number of nitrogens with one attached hydrogen (secondary N) is 2. The fraction of sp³-hybridized carbons (Fsp3) is 0.263. The van der Waals surface area contributed by atoms with E-state index in [9.17, 15) is 16.8 Å². The Balaban J connectivity index is 1.88. The molecule has 0 saturated carbocycles. The van der Waals surface area contributed by atoms with E-state index >= 15 is 0 Å². The van der Waals surface area contributed by atoms with Gasteiger partial charge in [0.15, 0.2) is 22.3 Å². The van der Waals surface area contributed by atoms with Crippen LogP contribution in [0.1, 0.15) is 12.0 Å². The molecule has 0 amide bonds. The number of nitrogens with zero attached hydrogens (tertiary/aromatic N) is 4. The van der Waals surface area contributed by atoms with Crippen molar-refractivity contribution in [3.05, 3.63) is 42.1 Å². The zero-order valence-corrected chi connectivity index (χ0v) is 18.3. The SMILES string of the molecule is NS(=O)(=O)c1c(S(=O)(=O)[C@@H]2CCNC2)ccc(-c2cccc3cn[nH]c23)c1C1=NCN=N1. The van der Waals surface area contributed by atoms with Crippen molar-refractivity contribution in [2.75, 3.05) is 19.8 Å². The number of sulfonamides is 1. The highest BCUT2D eigenvalue weighted by molar-refractivity contribution is 7.94. The van der Waals surface area contributed by atoms with Gasteiger partial charge in [0, 0.05) is 17.5 Å². The first-order valence-corrected chi connectivity index (χ1v) is 12.9. The summed E-state index contributed by atoms with van der Waals surface area (Å²) in [6.07, 6.45) is 2.01. The number of benzene rings is 2. The van der Waals surface area contributed by atoms with E-state index in [1.165, 1.54) is 6.07 Å². The Morgan fingerprint density at radius 3 is 2.59 bits per heavy atom. The zero-order valence-electron chi connectivity index (χ0n) is 16.7. The van der Waals surface area contributed by atoms with Crippen LogP contribution in [0.4, 0.5) is 0 Å². The Bertz CT molecular complexity index is 1500. The first-order valence-electron chi connectivity index (χ1n) is 9.77. The quantitative estimate of drug-likeness (QED) is 0.502. The summed E-state index contributed by atoms with van der Waals surface area (Å²) >= 11 is 0. The van der Waals surface area contributed by atoms with Crippen molar-refractivity contribution in [3.63, 3.8) is 0 Å². The van der Waals surface area contributed by atoms with E-state index in [4.69, 9.17) is 5.14 Å². The Hall–Kier alpha value is -3.00. The van der Waals surface area contributed by atoms with Gasteiger partial charge in [0.2, 0.25) is 10.0 Å². The van der Waals surface area contributed by atoms with Crippen LogP contribution in [0.3, 0.4) is 0 Å². The van der Waals surface area contributed by atoms with Gasteiger partial charge in [0.25, 0.3) is 0 Å². The molecule has 2 aliphatic rings. The van der Waals surface area contributed by atoms with E-state index < -0.39 is 30.0 Å². The second-order valence-corrected chi connectivity index (χ2v) is 11.2. The molecule has 0 aliphatic carbocycles. The van der Waals surface area contributed by atoms with Crippen molar-refractivity contribution in [2.24, 2.45) is 20.4 Å². The molecule has 5 rings (SSSR count). The molecule has 1 atom stereocenters. The van der Waals surface area contributed by atoms with Crippen LogP contribution in [0.2, 0.25) is 0 Å². The van der Waals surface area contributed by atoms with Crippen LogP contribution in [-0.4, -0.2) is 57.9 Å². The van der Waals surface area contributed by atoms with Gasteiger partial charge in [0.05, 0.1) is 27.4 Å². The van der Waals surface area contributed by atoms with Crippen molar-refractivity contribution in [1.29, 1.82) is 0 Å². The predicted octanol–water partition coefficient (Wildman–Crippen LogP) is 1.18. The lowest BCUT2D eigenvalue weighted by atomic mass is 9.97. The average Bonchev–Trinajstić information content (AvgIpc) is 3.54. The number of aliphatic imine (C=N–C) groups is 1. The molecule has 32 heavy (non-hydrogen) atoms. The minimum Gasteiger partial charge on any atom is -0.315 e. The smallest absolute Gasteiger partial charge is 0.240 e. The number of primary sulfonamides is 1. The van der Waals surface area contributed by atoms with Crippen LogP contribution in [0.15, 0.2) is 61.5 Å². The second-order valence-electron chi connectivity index (χ2n) is 7.52. The van der Waals surface area contributed by atoms with Crippen LogP contribution in [-0.2, 0) is 19.9 Å². The summed E-state index contributed by atoms with van der Waals surface area (Å²) in [4.78, 5) is 3.32. The lowest BCUT2D eigenvalue weighted by Crippen LogP contribution is -2.28. The maximum absolute atomic E-state index is 13.4. The lowest BCUT2D eigenvalue weighted by molar-refractivity contribution is 0.574. The number of H-pyrrole nitrogens is 1. The van der Waals surface area contributed by atoms with Gasteiger partial charge in [-0.25, -0.2) is 27.0 Å². The van der Waals surface area contributed by atoms with Crippen LogP contribution < -0.4 is 10.5 Å². The summed E-state index contributed by atoms with van der Waals surface area (Å²) in [5.74, 6) is 0.0159. The second kappa shape index (κ2) is 7.55. The fourth-order valence-corrected chi connectivity index (χ4v) is 7.41. The summed E-state index contributed by atoms with van der Waals surface area (Å²) in [6, 6.07) is 8.27. The van der Waals surface area contributed by atoms with Crippen LogP contribution in [0, 0.1) is 0 Å². The predicted molar refractivity (Wildman–Crippen MR) is 118 cm³/mol. The number of para-hydroxylation sites is 1. The molecule has 2 aliphatic heterocycles. The molecule has 1 aromatic heterocycles. The number of aromatic nitrogens is 2. The number of rotatable bonds is 5. The largest absolute Gasteiger partial charge is 0.315 e. The maximum Gasteiger partial charge on any atom is 0.240 e. The lowest BCUT2D eigenvalue weighted by Gasteiger charge is -2.19. The average molecular weight is 474 g/mol. The first kappa shape index (κ1) is 20.9. The number of hydrogen-bond donors (Lipinski definition) is 3. The number of sulfone groups is 1. The van der Waals surface area contributed by atoms with E-state index in [0.717, 1.165) is 5.39 Å². The van der Waals surface area contributed by atoms with E-state index in [1.54, 1.807) is 24.4 Å². The van der Waals surface area contributed by atoms with Crippen molar-refractivity contribution in [3.8, 4) is 11.1 Å². The molecule has 3 heterocycles. The highest BCUT2D eigenvalue weighted by Crippen LogP contribution is 2.38. The Morgan fingerprint density at radius 2 is 1.91 bits per heavy atom. The summed E-state index contributed by atoms with van der Waals surface area (Å²) < 4.78 is 52.5. The number of amidine groups is 1. The molecule has 1 saturated heterocycles. The van der Waals surface area contributed by atoms with Gasteiger partial charge in [0.1, 0.15) is 4.90 Å². The molecule has 11 nitrogen and oxygen atoms in total. The van der Waals surface area contributed by atoms with Crippen molar-refractivity contribution in [2.45, 2.75) is 21.5 Å². The fourth-order valence-electron chi connectivity index (χ4n) is 4.14. The zero-order chi connectivity index (χ0) is 22.5. The van der Waals surface area contributed by atoms with Gasteiger partial charge >= 0.3 is 0 Å². The summed E-state index contributed by atoms with van der Waals surface area (Å²) in [5.41, 5.74) is 1.69. The third kappa shape index (κ3) is 3.33. The Labute approximate surface area is 183 Å². The van der Waals surface area contributed by atoms with Crippen molar-refractivity contribution >= 4 is 36.6 Å². The van der Waals surface area contributed by atoms with Gasteiger partial charge in [-0.15, -0.1) is 5.11 Å². The number of nitrogens with two attached hydrogens (primary N) is 1. The Morgan fingerprint density at radius 1 is 1.06 bits per heavy atom. The summed E-state index contributed by atoms with van der Waals surface area (Å²) in [6.45, 7) is 0.774. The topological polar surface area (TPSA) is 172 Å². The maximum atomic E-state index is 13.4. The molecule has 0 spiro atoms. The van der Waals surface area contributed by atoms with Gasteiger partial charge < -0.3 is 5.32 Å². The normalized spacial score (nSPS) is 19.0. The molecule has 4 N–H and O–H groups in total. The molecular weight excluding hydrogens is 454 g/mol. The Kier molecular flexibility index (Phi) is 4.93. The molecule has 13 heteroatoms. The van der Waals surface area contributed by atoms with Crippen molar-refractivity contribution in [1.82, 2.24) is 15.5 Å². The minimum atomic E-state index is -4.49. The highest BCUT2D eigenvalue weighted by atomic mass is 32.2. The molecule has 0 unspecified atom stereocenters. The highest BCUT2D eigenvalue weighted by Gasteiger charge is 2.37. The molecule has 1 fully saturated rings. The van der Waals surface area contributed by atoms with E-state index in [0.29, 0.717) is 29.6 Å². The van der Waals surface area contributed by atoms with Crippen LogP contribution in [0.25, 0.3) is 22.0 Å². The number of fused-ring (bicyclic) bond motifs is 1. The minimum absolute atomic E-state index is 0.0105. The summed E-state index contributed by atoms with van der Waals surface area (Å²) in [5, 5.41) is 23.4. The van der Waals surface area contributed by atoms with Gasteiger partial charge in [-0.1, -0.05) is 24.3 Å². The van der Waals surface area contributed by atoms with Gasteiger partial charge in [-0.2, -0.15) is 10.2 Å². The molecular formula is C19H19N7O4S2. The van der Waals surface area contributed by atoms with E-state index in [2.05, 4.69) is 30.7 Å². The number of hydrogen-bond acceptors (Lipinski definition) is 9. The van der Waals surface area contributed by atoms with Crippen molar-refractivity contribution < 1.29 is 16.8 Å². The monoisotopic (exact) mass is 473 g/mol. The number of aromatic amines is 1. The molecule has 0 bridgehead atoms.